The molecule has 0 bridgehead atoms. The van der Waals surface area contributed by atoms with Crippen LogP contribution >= 0.6 is 0 Å². The number of aromatic nitrogens is 2. The predicted octanol–water partition coefficient (Wildman–Crippen LogP) is 6.92. The molecule has 0 radical (unpaired) electrons. The van der Waals surface area contributed by atoms with Crippen LogP contribution in [0.3, 0.4) is 0 Å². The molecule has 1 aliphatic rings. The molecular formula is C28H32F3N5O3. The summed E-state index contributed by atoms with van der Waals surface area (Å²) in [7, 11) is 0. The summed E-state index contributed by atoms with van der Waals surface area (Å²) in [4.78, 5) is 33.4. The highest BCUT2D eigenvalue weighted by atomic mass is 19.4. The van der Waals surface area contributed by atoms with E-state index in [-0.39, 0.29) is 5.69 Å². The Bertz CT molecular complexity index is 1450. The molecule has 2 amide bonds. The van der Waals surface area contributed by atoms with E-state index >= 15 is 0 Å². The largest absolute Gasteiger partial charge is 0.444 e. The molecule has 3 aromatic rings. The van der Waals surface area contributed by atoms with E-state index in [1.54, 1.807) is 40.7 Å². The van der Waals surface area contributed by atoms with Gasteiger partial charge in [-0.1, -0.05) is 0 Å². The molecule has 1 atom stereocenters. The minimum absolute atomic E-state index is 0.0476. The van der Waals surface area contributed by atoms with Gasteiger partial charge in [0, 0.05) is 23.7 Å². The molecule has 1 heterocycles. The van der Waals surface area contributed by atoms with Crippen LogP contribution in [0.4, 0.5) is 35.2 Å². The second-order valence-corrected chi connectivity index (χ2v) is 10.8. The summed E-state index contributed by atoms with van der Waals surface area (Å²) in [6.07, 6.45) is -2.73. The van der Waals surface area contributed by atoms with Crippen molar-refractivity contribution in [2.24, 2.45) is 0 Å². The number of anilines is 3. The zero-order valence-corrected chi connectivity index (χ0v) is 22.8. The summed E-state index contributed by atoms with van der Waals surface area (Å²) in [5.41, 5.74) is 2.14. The van der Waals surface area contributed by atoms with Gasteiger partial charge >= 0.3 is 12.3 Å². The number of hydrogen-bond donors (Lipinski definition) is 3. The van der Waals surface area contributed by atoms with Crippen LogP contribution in [0.5, 0.6) is 0 Å². The van der Waals surface area contributed by atoms with Crippen LogP contribution in [-0.4, -0.2) is 27.6 Å². The van der Waals surface area contributed by atoms with Crippen molar-refractivity contribution >= 4 is 40.1 Å². The van der Waals surface area contributed by atoms with Gasteiger partial charge in [0.2, 0.25) is 5.91 Å². The Hall–Kier alpha value is -3.89. The van der Waals surface area contributed by atoms with E-state index in [4.69, 9.17) is 4.74 Å². The first-order valence-electron chi connectivity index (χ1n) is 12.7. The number of benzene rings is 2. The van der Waals surface area contributed by atoms with Gasteiger partial charge in [-0.25, -0.2) is 14.8 Å². The highest BCUT2D eigenvalue weighted by Crippen LogP contribution is 2.39. The third-order valence-electron chi connectivity index (χ3n) is 6.27. The van der Waals surface area contributed by atoms with Gasteiger partial charge in [0.05, 0.1) is 17.1 Å². The lowest BCUT2D eigenvalue weighted by molar-refractivity contribution is -0.137. The van der Waals surface area contributed by atoms with Gasteiger partial charge in [-0.2, -0.15) is 13.2 Å². The van der Waals surface area contributed by atoms with Gasteiger partial charge in [0.15, 0.2) is 0 Å². The topological polar surface area (TPSA) is 105 Å². The first kappa shape index (κ1) is 28.1. The molecule has 3 N–H and O–H groups in total. The molecule has 1 aliphatic carbocycles. The average Bonchev–Trinajstić information content (AvgIpc) is 3.28. The summed E-state index contributed by atoms with van der Waals surface area (Å²) >= 11 is 0. The SMILES string of the molecule is CC(=O)Nc1cc(C(C)Nc2nc(C)nc3c4c(c(NC(=O)OC(C)(C)C)cc23)CCC4)cc(C(F)(F)F)c1. The molecule has 0 fully saturated rings. The van der Waals surface area contributed by atoms with Crippen molar-refractivity contribution in [1.82, 2.24) is 9.97 Å². The number of alkyl halides is 3. The van der Waals surface area contributed by atoms with E-state index in [9.17, 15) is 22.8 Å². The molecular weight excluding hydrogens is 511 g/mol. The van der Waals surface area contributed by atoms with Crippen LogP contribution < -0.4 is 16.0 Å². The summed E-state index contributed by atoms with van der Waals surface area (Å²) < 4.78 is 46.3. The highest BCUT2D eigenvalue weighted by Gasteiger charge is 2.32. The number of carbonyl (C=O) groups is 2. The summed E-state index contributed by atoms with van der Waals surface area (Å²) in [5.74, 6) is 0.449. The maximum Gasteiger partial charge on any atom is 0.416 e. The fourth-order valence-electron chi connectivity index (χ4n) is 4.75. The number of hydrogen-bond acceptors (Lipinski definition) is 6. The third-order valence-corrected chi connectivity index (χ3v) is 6.27. The number of nitrogens with zero attached hydrogens (tertiary/aromatic N) is 2. The lowest BCUT2D eigenvalue weighted by Gasteiger charge is -2.22. The van der Waals surface area contributed by atoms with Gasteiger partial charge in [-0.05, 0) is 94.8 Å². The van der Waals surface area contributed by atoms with Crippen LogP contribution in [0.15, 0.2) is 24.3 Å². The average molecular weight is 544 g/mol. The fourth-order valence-corrected chi connectivity index (χ4v) is 4.75. The van der Waals surface area contributed by atoms with Crippen LogP contribution in [0.1, 0.15) is 75.2 Å². The van der Waals surface area contributed by atoms with Crippen LogP contribution in [-0.2, 0) is 28.5 Å². The first-order valence-corrected chi connectivity index (χ1v) is 12.7. The van der Waals surface area contributed by atoms with E-state index in [1.165, 1.54) is 13.0 Å². The minimum atomic E-state index is -4.59. The van der Waals surface area contributed by atoms with Crippen molar-refractivity contribution in [2.75, 3.05) is 16.0 Å². The molecule has 39 heavy (non-hydrogen) atoms. The van der Waals surface area contributed by atoms with Crippen molar-refractivity contribution < 1.29 is 27.5 Å². The number of aryl methyl sites for hydroxylation is 2. The highest BCUT2D eigenvalue weighted by molar-refractivity contribution is 5.99. The summed E-state index contributed by atoms with van der Waals surface area (Å²) in [6, 6.07) is 4.62. The number of carbonyl (C=O) groups excluding carboxylic acids is 2. The Balaban J connectivity index is 1.76. The lowest BCUT2D eigenvalue weighted by Crippen LogP contribution is -2.27. The van der Waals surface area contributed by atoms with E-state index in [0.29, 0.717) is 28.3 Å². The monoisotopic (exact) mass is 543 g/mol. The normalized spacial score (nSPS) is 14.1. The number of halogens is 3. The van der Waals surface area contributed by atoms with Gasteiger partial charge in [0.1, 0.15) is 17.2 Å². The second kappa shape index (κ2) is 10.3. The maximum absolute atomic E-state index is 13.6. The van der Waals surface area contributed by atoms with E-state index in [0.717, 1.165) is 48.0 Å². The summed E-state index contributed by atoms with van der Waals surface area (Å²) in [6.45, 7) is 10.0. The quantitative estimate of drug-likeness (QED) is 0.323. The molecule has 11 heteroatoms. The Labute approximate surface area is 224 Å². The van der Waals surface area contributed by atoms with Crippen molar-refractivity contribution in [3.63, 3.8) is 0 Å². The molecule has 208 valence electrons. The van der Waals surface area contributed by atoms with Crippen LogP contribution in [0.25, 0.3) is 10.9 Å². The smallest absolute Gasteiger partial charge is 0.416 e. The van der Waals surface area contributed by atoms with Crippen molar-refractivity contribution in [3.05, 3.63) is 52.3 Å². The molecule has 0 aliphatic heterocycles. The lowest BCUT2D eigenvalue weighted by atomic mass is 10.0. The van der Waals surface area contributed by atoms with Gasteiger partial charge < -0.3 is 15.4 Å². The van der Waals surface area contributed by atoms with Gasteiger partial charge in [-0.3, -0.25) is 10.1 Å². The second-order valence-electron chi connectivity index (χ2n) is 10.8. The maximum atomic E-state index is 13.6. The summed E-state index contributed by atoms with van der Waals surface area (Å²) in [5, 5.41) is 9.17. The number of rotatable bonds is 5. The zero-order valence-electron chi connectivity index (χ0n) is 22.8. The fraction of sp³-hybridized carbons (Fsp3) is 0.429. The Morgan fingerprint density at radius 2 is 1.69 bits per heavy atom. The first-order chi connectivity index (χ1) is 18.1. The standard InChI is InChI=1S/C28H32F3N5O3/c1-14(17-10-18(28(29,30)31)12-19(11-17)35-16(3)37)32-25-22-13-23(36-26(38)39-27(4,5)6)20-8-7-9-21(20)24(22)33-15(2)34-25/h10-14H,7-9H2,1-6H3,(H,35,37)(H,36,38)(H,32,33,34). The predicted molar refractivity (Wildman–Crippen MR) is 144 cm³/mol. The van der Waals surface area contributed by atoms with E-state index in [1.807, 2.05) is 0 Å². The number of amides is 2. The Morgan fingerprint density at radius 3 is 2.33 bits per heavy atom. The van der Waals surface area contributed by atoms with Crippen molar-refractivity contribution in [1.29, 1.82) is 0 Å². The Morgan fingerprint density at radius 1 is 1.00 bits per heavy atom. The third kappa shape index (κ3) is 6.58. The Kier molecular flexibility index (Phi) is 7.46. The molecule has 0 saturated heterocycles. The molecule has 1 aromatic heterocycles. The number of ether oxygens (including phenoxy) is 1. The number of fused-ring (bicyclic) bond motifs is 3. The van der Waals surface area contributed by atoms with Crippen LogP contribution in [0, 0.1) is 6.92 Å². The molecule has 1 unspecified atom stereocenters. The molecule has 8 nitrogen and oxygen atoms in total. The number of nitrogens with one attached hydrogen (secondary N) is 3. The van der Waals surface area contributed by atoms with Gasteiger partial charge in [-0.15, -0.1) is 0 Å². The van der Waals surface area contributed by atoms with Crippen molar-refractivity contribution in [3.8, 4) is 0 Å². The molecule has 4 rings (SSSR count). The van der Waals surface area contributed by atoms with Crippen molar-refractivity contribution in [2.45, 2.75) is 78.6 Å². The van der Waals surface area contributed by atoms with E-state index < -0.39 is 35.4 Å². The molecule has 0 saturated carbocycles. The zero-order chi connectivity index (χ0) is 28.7. The minimum Gasteiger partial charge on any atom is -0.444 e. The molecule has 2 aromatic carbocycles. The van der Waals surface area contributed by atoms with Crippen LogP contribution in [0.2, 0.25) is 0 Å². The van der Waals surface area contributed by atoms with Gasteiger partial charge in [0.25, 0.3) is 0 Å². The molecule has 0 spiro atoms. The van der Waals surface area contributed by atoms with E-state index in [2.05, 4.69) is 25.9 Å².